The van der Waals surface area contributed by atoms with Gasteiger partial charge in [0, 0.05) is 22.5 Å². The molecule has 0 aliphatic rings. The van der Waals surface area contributed by atoms with Crippen molar-refractivity contribution in [2.75, 3.05) is 0 Å². The molecule has 0 spiro atoms. The number of hydrogen-bond donors (Lipinski definition) is 1. The third kappa shape index (κ3) is 2.12. The van der Waals surface area contributed by atoms with Crippen molar-refractivity contribution in [3.63, 3.8) is 0 Å². The van der Waals surface area contributed by atoms with E-state index < -0.39 is 0 Å². The van der Waals surface area contributed by atoms with Crippen molar-refractivity contribution in [2.24, 2.45) is 0 Å². The van der Waals surface area contributed by atoms with Crippen LogP contribution in [0.2, 0.25) is 0 Å². The molecule has 0 bridgehead atoms. The van der Waals surface area contributed by atoms with E-state index in [-0.39, 0.29) is 12.6 Å². The monoisotopic (exact) mass is 258 g/mol. The van der Waals surface area contributed by atoms with Crippen LogP contribution in [0.4, 0.5) is 0 Å². The van der Waals surface area contributed by atoms with Crippen LogP contribution in [0.3, 0.4) is 0 Å². The van der Waals surface area contributed by atoms with E-state index in [1.165, 1.54) is 11.3 Å². The minimum absolute atomic E-state index is 0.214. The van der Waals surface area contributed by atoms with Crippen LogP contribution in [-0.2, 0) is 11.3 Å². The quantitative estimate of drug-likeness (QED) is 0.735. The smallest absolute Gasteiger partial charge is 0.355 e. The number of nitrogens with one attached hydrogen (secondary N) is 1. The van der Waals surface area contributed by atoms with E-state index in [1.807, 2.05) is 29.6 Å². The average molecular weight is 258 g/mol. The van der Waals surface area contributed by atoms with Gasteiger partial charge in [-0.15, -0.1) is 11.3 Å². The number of carbonyl (C=O) groups is 1. The summed E-state index contributed by atoms with van der Waals surface area (Å²) < 4.78 is 5.18. The molecule has 18 heavy (non-hydrogen) atoms. The van der Waals surface area contributed by atoms with E-state index in [9.17, 15) is 4.79 Å². The molecule has 0 aliphatic carbocycles. The maximum Gasteiger partial charge on any atom is 0.355 e. The fourth-order valence-corrected chi connectivity index (χ4v) is 2.24. The summed E-state index contributed by atoms with van der Waals surface area (Å²) in [5, 5.41) is 3.64. The van der Waals surface area contributed by atoms with Gasteiger partial charge in [0.15, 0.2) is 0 Å². The van der Waals surface area contributed by atoms with Gasteiger partial charge in [-0.25, -0.2) is 9.78 Å². The molecule has 3 rings (SSSR count). The van der Waals surface area contributed by atoms with Gasteiger partial charge in [-0.2, -0.15) is 0 Å². The molecule has 0 atom stereocenters. The summed E-state index contributed by atoms with van der Waals surface area (Å²) in [4.78, 5) is 18.9. The molecule has 0 amide bonds. The van der Waals surface area contributed by atoms with Crippen molar-refractivity contribution in [1.29, 1.82) is 0 Å². The van der Waals surface area contributed by atoms with Crippen molar-refractivity contribution in [1.82, 2.24) is 9.97 Å². The molecule has 90 valence electrons. The highest BCUT2D eigenvalue weighted by Gasteiger charge is 2.11. The van der Waals surface area contributed by atoms with Crippen molar-refractivity contribution in [3.8, 4) is 0 Å². The van der Waals surface area contributed by atoms with E-state index >= 15 is 0 Å². The van der Waals surface area contributed by atoms with Crippen LogP contribution in [0.25, 0.3) is 10.9 Å². The Balaban J connectivity index is 1.75. The van der Waals surface area contributed by atoms with Gasteiger partial charge in [-0.3, -0.25) is 0 Å². The van der Waals surface area contributed by atoms with E-state index in [0.717, 1.165) is 15.9 Å². The van der Waals surface area contributed by atoms with Crippen LogP contribution >= 0.6 is 11.3 Å². The zero-order chi connectivity index (χ0) is 12.4. The predicted octanol–water partition coefficient (Wildman–Crippen LogP) is 2.98. The lowest BCUT2D eigenvalue weighted by molar-refractivity contribution is 0.0466. The Morgan fingerprint density at radius 3 is 3.06 bits per heavy atom. The molecule has 3 aromatic rings. The summed E-state index contributed by atoms with van der Waals surface area (Å²) in [7, 11) is 0. The Morgan fingerprint density at radius 1 is 1.39 bits per heavy atom. The zero-order valence-electron chi connectivity index (χ0n) is 9.42. The molecule has 2 heterocycles. The van der Waals surface area contributed by atoms with E-state index in [2.05, 4.69) is 9.97 Å². The highest BCUT2D eigenvalue weighted by molar-refractivity contribution is 7.09. The predicted molar refractivity (Wildman–Crippen MR) is 69.5 cm³/mol. The first-order valence-electron chi connectivity index (χ1n) is 5.46. The highest BCUT2D eigenvalue weighted by Crippen LogP contribution is 2.16. The number of ether oxygens (including phenoxy) is 1. The van der Waals surface area contributed by atoms with Crippen molar-refractivity contribution >= 4 is 28.2 Å². The Kier molecular flexibility index (Phi) is 2.82. The molecule has 0 saturated heterocycles. The molecule has 4 nitrogen and oxygen atoms in total. The molecule has 0 saturated carbocycles. The van der Waals surface area contributed by atoms with Gasteiger partial charge in [0.25, 0.3) is 0 Å². The fraction of sp³-hybridized carbons (Fsp3) is 0.0769. The molecule has 2 aromatic heterocycles. The standard InChI is InChI=1S/C13H10N2O2S/c16-13(17-8-12-14-5-6-18-12)11-7-9-3-1-2-4-10(9)15-11/h1-7,15H,8H2. The lowest BCUT2D eigenvalue weighted by atomic mass is 10.2. The van der Waals surface area contributed by atoms with E-state index in [4.69, 9.17) is 4.74 Å². The number of aromatic nitrogens is 2. The lowest BCUT2D eigenvalue weighted by Crippen LogP contribution is -2.05. The molecule has 1 aromatic carbocycles. The summed E-state index contributed by atoms with van der Waals surface area (Å²) in [5.41, 5.74) is 1.39. The number of rotatable bonds is 3. The summed E-state index contributed by atoms with van der Waals surface area (Å²) in [5.74, 6) is -0.360. The largest absolute Gasteiger partial charge is 0.454 e. The maximum atomic E-state index is 11.8. The van der Waals surface area contributed by atoms with Crippen LogP contribution in [0.1, 0.15) is 15.5 Å². The summed E-state index contributed by atoms with van der Waals surface area (Å²) >= 11 is 1.47. The van der Waals surface area contributed by atoms with Gasteiger partial charge in [0.05, 0.1) is 0 Å². The molecule has 5 heteroatoms. The van der Waals surface area contributed by atoms with Crippen LogP contribution in [0.15, 0.2) is 41.9 Å². The molecule has 0 fully saturated rings. The maximum absolute atomic E-state index is 11.8. The molecular weight excluding hydrogens is 248 g/mol. The normalized spacial score (nSPS) is 10.7. The third-order valence-corrected chi connectivity index (χ3v) is 3.31. The SMILES string of the molecule is O=C(OCc1nccs1)c1cc2ccccc2[nH]1. The number of nitrogens with zero attached hydrogens (tertiary/aromatic N) is 1. The molecule has 0 unspecified atom stereocenters. The Hall–Kier alpha value is -2.14. The van der Waals surface area contributed by atoms with Gasteiger partial charge < -0.3 is 9.72 Å². The second-order valence-corrected chi connectivity index (χ2v) is 4.75. The van der Waals surface area contributed by atoms with E-state index in [0.29, 0.717) is 5.69 Å². The van der Waals surface area contributed by atoms with Gasteiger partial charge >= 0.3 is 5.97 Å². The number of carbonyl (C=O) groups excluding carboxylic acids is 1. The van der Waals surface area contributed by atoms with Crippen LogP contribution in [0, 0.1) is 0 Å². The Morgan fingerprint density at radius 2 is 2.28 bits per heavy atom. The lowest BCUT2D eigenvalue weighted by Gasteiger charge is -1.99. The van der Waals surface area contributed by atoms with Gasteiger partial charge in [0.2, 0.25) is 0 Å². The Labute approximate surface area is 107 Å². The first kappa shape index (κ1) is 11.0. The third-order valence-electron chi connectivity index (χ3n) is 2.56. The molecular formula is C13H10N2O2S. The van der Waals surface area contributed by atoms with Crippen molar-refractivity contribution in [2.45, 2.75) is 6.61 Å². The number of thiazole rings is 1. The topological polar surface area (TPSA) is 55.0 Å². The summed E-state index contributed by atoms with van der Waals surface area (Å²) in [6.07, 6.45) is 1.69. The fourth-order valence-electron chi connectivity index (χ4n) is 1.71. The number of para-hydroxylation sites is 1. The van der Waals surface area contributed by atoms with Gasteiger partial charge in [-0.1, -0.05) is 18.2 Å². The van der Waals surface area contributed by atoms with Crippen molar-refractivity contribution in [3.05, 3.63) is 52.6 Å². The van der Waals surface area contributed by atoms with Crippen LogP contribution in [-0.4, -0.2) is 15.9 Å². The van der Waals surface area contributed by atoms with Crippen LogP contribution < -0.4 is 0 Å². The van der Waals surface area contributed by atoms with Gasteiger partial charge in [-0.05, 0) is 12.1 Å². The second-order valence-electron chi connectivity index (χ2n) is 3.77. The molecule has 0 radical (unpaired) electrons. The first-order valence-corrected chi connectivity index (χ1v) is 6.34. The number of fused-ring (bicyclic) bond motifs is 1. The summed E-state index contributed by atoms with van der Waals surface area (Å²) in [6, 6.07) is 9.51. The van der Waals surface area contributed by atoms with Gasteiger partial charge in [0.1, 0.15) is 17.3 Å². The minimum Gasteiger partial charge on any atom is -0.454 e. The number of aromatic amines is 1. The van der Waals surface area contributed by atoms with E-state index in [1.54, 1.807) is 12.3 Å². The van der Waals surface area contributed by atoms with Crippen molar-refractivity contribution < 1.29 is 9.53 Å². The summed E-state index contributed by atoms with van der Waals surface area (Å²) in [6.45, 7) is 0.214. The first-order chi connectivity index (χ1) is 8.83. The van der Waals surface area contributed by atoms with Crippen LogP contribution in [0.5, 0.6) is 0 Å². The second kappa shape index (κ2) is 4.62. The number of esters is 1. The minimum atomic E-state index is -0.360. The molecule has 0 aliphatic heterocycles. The Bertz CT molecular complexity index is 640. The number of H-pyrrole nitrogens is 1. The number of benzene rings is 1. The number of hydrogen-bond acceptors (Lipinski definition) is 4. The molecule has 1 N–H and O–H groups in total. The average Bonchev–Trinajstić information content (AvgIpc) is 3.04. The highest BCUT2D eigenvalue weighted by atomic mass is 32.1. The zero-order valence-corrected chi connectivity index (χ0v) is 10.2.